The third-order valence-electron chi connectivity index (χ3n) is 3.23. The Hall–Kier alpha value is -1.08. The van der Waals surface area contributed by atoms with Gasteiger partial charge in [0.1, 0.15) is 0 Å². The van der Waals surface area contributed by atoms with E-state index in [0.717, 1.165) is 12.8 Å². The Labute approximate surface area is 133 Å². The summed E-state index contributed by atoms with van der Waals surface area (Å²) < 4.78 is 22.6. The van der Waals surface area contributed by atoms with E-state index in [2.05, 4.69) is 5.32 Å². The van der Waals surface area contributed by atoms with Crippen molar-refractivity contribution in [2.45, 2.75) is 24.2 Å². The summed E-state index contributed by atoms with van der Waals surface area (Å²) in [6.07, 6.45) is 6.26. The quantitative estimate of drug-likeness (QED) is 0.822. The Morgan fingerprint density at radius 3 is 2.33 bits per heavy atom. The molecule has 0 radical (unpaired) electrons. The molecule has 0 aromatic heterocycles. The van der Waals surface area contributed by atoms with Crippen molar-refractivity contribution in [2.75, 3.05) is 5.32 Å². The zero-order chi connectivity index (χ0) is 15.6. The predicted molar refractivity (Wildman–Crippen MR) is 82.9 cm³/mol. The highest BCUT2D eigenvalue weighted by molar-refractivity contribution is 7.89. The summed E-state index contributed by atoms with van der Waals surface area (Å²) >= 11 is 12.0. The van der Waals surface area contributed by atoms with Crippen LogP contribution in [0.15, 0.2) is 29.2 Å². The van der Waals surface area contributed by atoms with Gasteiger partial charge >= 0.3 is 0 Å². The number of carbonyl (C=O) groups excluding carboxylic acids is 1. The van der Waals surface area contributed by atoms with Crippen molar-refractivity contribution >= 4 is 44.8 Å². The van der Waals surface area contributed by atoms with Gasteiger partial charge in [0.25, 0.3) is 0 Å². The van der Waals surface area contributed by atoms with E-state index >= 15 is 0 Å². The van der Waals surface area contributed by atoms with Crippen LogP contribution in [-0.4, -0.2) is 14.3 Å². The summed E-state index contributed by atoms with van der Waals surface area (Å²) in [4.78, 5) is 12.0. The zero-order valence-electron chi connectivity index (χ0n) is 11.0. The summed E-state index contributed by atoms with van der Waals surface area (Å²) in [5, 5.41) is 7.74. The molecule has 114 valence electrons. The molecule has 3 N–H and O–H groups in total. The summed E-state index contributed by atoms with van der Waals surface area (Å²) in [5.74, 6) is -0.327. The van der Waals surface area contributed by atoms with Gasteiger partial charge in [0.15, 0.2) is 0 Å². The van der Waals surface area contributed by atoms with Crippen molar-refractivity contribution in [3.63, 3.8) is 0 Å². The minimum Gasteiger partial charge on any atom is -0.323 e. The number of rotatable bonds is 3. The van der Waals surface area contributed by atoms with Crippen molar-refractivity contribution in [2.24, 2.45) is 11.1 Å². The van der Waals surface area contributed by atoms with Crippen LogP contribution in [0.25, 0.3) is 0 Å². The van der Waals surface area contributed by atoms with Crippen LogP contribution < -0.4 is 10.5 Å². The average Bonchev–Trinajstić information content (AvgIpc) is 2.42. The number of halogens is 2. The lowest BCUT2D eigenvalue weighted by atomic mass is 9.93. The molecule has 0 aliphatic heterocycles. The number of anilines is 1. The van der Waals surface area contributed by atoms with Crippen LogP contribution in [0.1, 0.15) is 19.3 Å². The first-order valence-electron chi connectivity index (χ1n) is 6.26. The third-order valence-corrected chi connectivity index (χ3v) is 4.72. The van der Waals surface area contributed by atoms with Crippen LogP contribution in [0.2, 0.25) is 10.0 Å². The van der Waals surface area contributed by atoms with Gasteiger partial charge in [-0.05, 0) is 31.4 Å². The van der Waals surface area contributed by atoms with Crippen LogP contribution in [0.4, 0.5) is 5.69 Å². The summed E-state index contributed by atoms with van der Waals surface area (Å²) in [5.41, 5.74) is 0.199. The molecule has 1 atom stereocenters. The highest BCUT2D eigenvalue weighted by atomic mass is 35.5. The number of hydrogen-bond acceptors (Lipinski definition) is 3. The number of hydrogen-bond donors (Lipinski definition) is 2. The Morgan fingerprint density at radius 2 is 1.86 bits per heavy atom. The first kappa shape index (κ1) is 16.3. The van der Waals surface area contributed by atoms with Crippen molar-refractivity contribution in [1.29, 1.82) is 0 Å². The molecule has 5 nitrogen and oxygen atoms in total. The van der Waals surface area contributed by atoms with Crippen LogP contribution in [0.5, 0.6) is 0 Å². The smallest absolute Gasteiger partial charge is 0.238 e. The minimum absolute atomic E-state index is 0.0335. The molecule has 0 bridgehead atoms. The van der Waals surface area contributed by atoms with Gasteiger partial charge in [-0.25, -0.2) is 13.6 Å². The molecule has 1 aliphatic carbocycles. The van der Waals surface area contributed by atoms with E-state index in [1.807, 2.05) is 12.2 Å². The van der Waals surface area contributed by atoms with E-state index in [1.165, 1.54) is 12.1 Å². The highest BCUT2D eigenvalue weighted by Gasteiger charge is 2.22. The topological polar surface area (TPSA) is 89.3 Å². The maximum absolute atomic E-state index is 12.1. The SMILES string of the molecule is NS(=O)(=O)c1cc(Cl)c(NC(=O)C2CC=CCC2)c(Cl)c1. The number of carbonyl (C=O) groups is 1. The van der Waals surface area contributed by atoms with Crippen LogP contribution >= 0.6 is 23.2 Å². The molecule has 0 saturated heterocycles. The Kier molecular flexibility index (Phi) is 4.93. The standard InChI is InChI=1S/C13H14Cl2N2O3S/c14-10-6-9(21(16,19)20)7-11(15)12(10)17-13(18)8-4-2-1-3-5-8/h1-2,6-8H,3-5H2,(H,17,18)(H2,16,19,20). The fourth-order valence-electron chi connectivity index (χ4n) is 2.09. The van der Waals surface area contributed by atoms with E-state index < -0.39 is 10.0 Å². The van der Waals surface area contributed by atoms with Crippen molar-refractivity contribution in [3.05, 3.63) is 34.3 Å². The second-order valence-corrected chi connectivity index (χ2v) is 7.15. The van der Waals surface area contributed by atoms with Crippen molar-refractivity contribution < 1.29 is 13.2 Å². The third kappa shape index (κ3) is 3.97. The summed E-state index contributed by atoms with van der Waals surface area (Å²) in [7, 11) is -3.90. The molecule has 2 rings (SSSR count). The molecule has 0 spiro atoms. The summed E-state index contributed by atoms with van der Waals surface area (Å²) in [6.45, 7) is 0. The fraction of sp³-hybridized carbons (Fsp3) is 0.308. The summed E-state index contributed by atoms with van der Waals surface area (Å²) in [6, 6.07) is 2.33. The largest absolute Gasteiger partial charge is 0.323 e. The second kappa shape index (κ2) is 6.36. The number of sulfonamides is 1. The van der Waals surface area contributed by atoms with E-state index in [4.69, 9.17) is 28.3 Å². The number of benzene rings is 1. The lowest BCUT2D eigenvalue weighted by Crippen LogP contribution is -2.24. The highest BCUT2D eigenvalue weighted by Crippen LogP contribution is 2.34. The molecule has 0 fully saturated rings. The normalized spacial score (nSPS) is 18.5. The number of nitrogens with two attached hydrogens (primary N) is 1. The molecule has 1 aromatic rings. The number of primary sulfonamides is 1. The van der Waals surface area contributed by atoms with Gasteiger partial charge in [-0.1, -0.05) is 35.4 Å². The predicted octanol–water partition coefficient (Wildman–Crippen LogP) is 2.94. The zero-order valence-corrected chi connectivity index (χ0v) is 13.3. The molecule has 1 unspecified atom stereocenters. The van der Waals surface area contributed by atoms with Crippen LogP contribution in [0.3, 0.4) is 0 Å². The molecular formula is C13H14Cl2N2O3S. The maximum Gasteiger partial charge on any atom is 0.238 e. The molecule has 8 heteroatoms. The van der Waals surface area contributed by atoms with Gasteiger partial charge in [-0.15, -0.1) is 0 Å². The van der Waals surface area contributed by atoms with Gasteiger partial charge in [-0.2, -0.15) is 0 Å². The number of amides is 1. The Balaban J connectivity index is 2.24. The molecule has 1 aromatic carbocycles. The Morgan fingerprint density at radius 1 is 1.24 bits per heavy atom. The van der Waals surface area contributed by atoms with Crippen LogP contribution in [-0.2, 0) is 14.8 Å². The van der Waals surface area contributed by atoms with Gasteiger partial charge in [0, 0.05) is 5.92 Å². The monoisotopic (exact) mass is 348 g/mol. The molecule has 0 saturated carbocycles. The molecule has 21 heavy (non-hydrogen) atoms. The van der Waals surface area contributed by atoms with Crippen molar-refractivity contribution in [3.8, 4) is 0 Å². The molecule has 1 aliphatic rings. The van der Waals surface area contributed by atoms with Gasteiger partial charge < -0.3 is 5.32 Å². The van der Waals surface area contributed by atoms with E-state index in [1.54, 1.807) is 0 Å². The lowest BCUT2D eigenvalue weighted by Gasteiger charge is -2.18. The number of allylic oxidation sites excluding steroid dienone is 2. The van der Waals surface area contributed by atoms with Gasteiger partial charge in [-0.3, -0.25) is 4.79 Å². The number of nitrogens with one attached hydrogen (secondary N) is 1. The van der Waals surface area contributed by atoms with E-state index in [0.29, 0.717) is 6.42 Å². The maximum atomic E-state index is 12.1. The lowest BCUT2D eigenvalue weighted by molar-refractivity contribution is -0.120. The molecule has 1 amide bonds. The van der Waals surface area contributed by atoms with Crippen LogP contribution in [0, 0.1) is 5.92 Å². The molecule has 0 heterocycles. The van der Waals surface area contributed by atoms with Crippen molar-refractivity contribution in [1.82, 2.24) is 0 Å². The van der Waals surface area contributed by atoms with Gasteiger partial charge in [0.2, 0.25) is 15.9 Å². The van der Waals surface area contributed by atoms with E-state index in [-0.39, 0.29) is 32.5 Å². The second-order valence-electron chi connectivity index (χ2n) is 4.78. The minimum atomic E-state index is -3.90. The fourth-order valence-corrected chi connectivity index (χ4v) is 3.37. The first-order valence-corrected chi connectivity index (χ1v) is 8.57. The average molecular weight is 349 g/mol. The van der Waals surface area contributed by atoms with E-state index in [9.17, 15) is 13.2 Å². The first-order chi connectivity index (χ1) is 9.79. The van der Waals surface area contributed by atoms with Gasteiger partial charge in [0.05, 0.1) is 20.6 Å². The molecular weight excluding hydrogens is 335 g/mol. The Bertz CT molecular complexity index is 678.